The molecule has 3 aromatic rings. The first kappa shape index (κ1) is 22.8. The van der Waals surface area contributed by atoms with E-state index >= 15 is 0 Å². The lowest BCUT2D eigenvalue weighted by Crippen LogP contribution is -2.17. The Balaban J connectivity index is 0.000000575. The summed E-state index contributed by atoms with van der Waals surface area (Å²) in [5.74, 6) is -0.545. The van der Waals surface area contributed by atoms with Crippen LogP contribution in [-0.4, -0.2) is 27.6 Å². The quantitative estimate of drug-likeness (QED) is 0.149. The topological polar surface area (TPSA) is 90.0 Å². The van der Waals surface area contributed by atoms with Crippen molar-refractivity contribution in [1.82, 2.24) is 20.8 Å². The highest BCUT2D eigenvalue weighted by molar-refractivity contribution is 5.90. The van der Waals surface area contributed by atoms with Crippen molar-refractivity contribution in [2.75, 3.05) is 6.54 Å². The molecule has 6 heteroatoms. The Morgan fingerprint density at radius 1 is 1.20 bits per heavy atom. The molecular weight excluding hydrogens is 376 g/mol. The molecule has 156 valence electrons. The number of pyridine rings is 1. The summed E-state index contributed by atoms with van der Waals surface area (Å²) in [4.78, 5) is 18.6. The van der Waals surface area contributed by atoms with Crippen LogP contribution in [-0.2, 0) is 17.8 Å². The van der Waals surface area contributed by atoms with Crippen molar-refractivity contribution < 1.29 is 10.0 Å². The second-order valence-corrected chi connectivity index (χ2v) is 6.75. The number of hydrogen-bond donors (Lipinski definition) is 4. The summed E-state index contributed by atoms with van der Waals surface area (Å²) in [7, 11) is 0. The van der Waals surface area contributed by atoms with Gasteiger partial charge in [0.05, 0.1) is 0 Å². The molecule has 0 saturated heterocycles. The monoisotopic (exact) mass is 404 g/mol. The number of rotatable bonds is 8. The Morgan fingerprint density at radius 3 is 2.60 bits per heavy atom. The number of hydroxylamine groups is 1. The van der Waals surface area contributed by atoms with E-state index in [1.807, 2.05) is 43.5 Å². The van der Waals surface area contributed by atoms with Gasteiger partial charge < -0.3 is 10.3 Å². The molecule has 3 rings (SSSR count). The summed E-state index contributed by atoms with van der Waals surface area (Å²) < 4.78 is 0. The fourth-order valence-corrected chi connectivity index (χ4v) is 2.52. The number of fused-ring (bicyclic) bond motifs is 1. The van der Waals surface area contributed by atoms with Crippen LogP contribution >= 0.6 is 0 Å². The van der Waals surface area contributed by atoms with Gasteiger partial charge in [-0.1, -0.05) is 49.1 Å². The Hall–Kier alpha value is -3.48. The third-order valence-corrected chi connectivity index (χ3v) is 4.22. The van der Waals surface area contributed by atoms with Gasteiger partial charge in [-0.25, -0.2) is 10.5 Å². The molecule has 6 nitrogen and oxygen atoms in total. The van der Waals surface area contributed by atoms with Crippen LogP contribution in [0, 0.1) is 0 Å². The number of nitrogens with zero attached hydrogens (tertiary/aromatic N) is 1. The number of benzene rings is 1. The van der Waals surface area contributed by atoms with Gasteiger partial charge in [0.15, 0.2) is 0 Å². The zero-order chi connectivity index (χ0) is 21.8. The van der Waals surface area contributed by atoms with Gasteiger partial charge >= 0.3 is 0 Å². The minimum absolute atomic E-state index is 0.545. The minimum atomic E-state index is -0.545. The van der Waals surface area contributed by atoms with E-state index < -0.39 is 5.91 Å². The van der Waals surface area contributed by atoms with Crippen LogP contribution in [0.2, 0.25) is 0 Å². The second kappa shape index (κ2) is 12.2. The lowest BCUT2D eigenvalue weighted by atomic mass is 10.1. The van der Waals surface area contributed by atoms with E-state index in [1.54, 1.807) is 17.6 Å². The molecule has 4 N–H and O–H groups in total. The van der Waals surface area contributed by atoms with Gasteiger partial charge in [0.25, 0.3) is 5.91 Å². The molecule has 1 aromatic carbocycles. The van der Waals surface area contributed by atoms with Crippen LogP contribution in [0.4, 0.5) is 0 Å². The molecule has 1 amide bonds. The van der Waals surface area contributed by atoms with E-state index in [0.717, 1.165) is 52.9 Å². The van der Waals surface area contributed by atoms with Gasteiger partial charge in [0.1, 0.15) is 5.65 Å². The van der Waals surface area contributed by atoms with Gasteiger partial charge in [-0.2, -0.15) is 0 Å². The maximum absolute atomic E-state index is 10.9. The predicted octanol–water partition coefficient (Wildman–Crippen LogP) is 4.16. The van der Waals surface area contributed by atoms with Gasteiger partial charge in [-0.3, -0.25) is 10.0 Å². The maximum Gasteiger partial charge on any atom is 0.267 e. The highest BCUT2D eigenvalue weighted by Gasteiger charge is 2.00. The van der Waals surface area contributed by atoms with E-state index in [1.165, 1.54) is 6.08 Å². The smallest absolute Gasteiger partial charge is 0.267 e. The van der Waals surface area contributed by atoms with Crippen LogP contribution in [0.5, 0.6) is 0 Å². The third-order valence-electron chi connectivity index (χ3n) is 4.22. The van der Waals surface area contributed by atoms with Crippen LogP contribution in [0.1, 0.15) is 23.7 Å². The molecule has 0 atom stereocenters. The molecule has 0 bridgehead atoms. The number of carbonyl (C=O) groups is 1. The van der Waals surface area contributed by atoms with Gasteiger partial charge in [0, 0.05) is 42.9 Å². The second-order valence-electron chi connectivity index (χ2n) is 6.75. The molecule has 0 fully saturated rings. The lowest BCUT2D eigenvalue weighted by Gasteiger charge is -2.05. The number of aromatic amines is 1. The van der Waals surface area contributed by atoms with Crippen molar-refractivity contribution in [1.29, 1.82) is 0 Å². The van der Waals surface area contributed by atoms with E-state index in [2.05, 4.69) is 40.6 Å². The van der Waals surface area contributed by atoms with E-state index in [0.29, 0.717) is 0 Å². The van der Waals surface area contributed by atoms with Crippen molar-refractivity contribution in [2.45, 2.75) is 19.9 Å². The SMILES string of the molecule is C=CC(=C)C.O=C(/C=C/c1ccc(CNCCc2ccc3cc[nH]c3n2)cc1)NO. The zero-order valence-corrected chi connectivity index (χ0v) is 17.2. The van der Waals surface area contributed by atoms with Crippen LogP contribution in [0.25, 0.3) is 17.1 Å². The number of H-pyrrole nitrogens is 1. The minimum Gasteiger partial charge on any atom is -0.346 e. The Kier molecular flexibility index (Phi) is 9.24. The molecule has 0 spiro atoms. The zero-order valence-electron chi connectivity index (χ0n) is 17.2. The Labute approximate surface area is 177 Å². The summed E-state index contributed by atoms with van der Waals surface area (Å²) in [5, 5.41) is 13.0. The number of allylic oxidation sites excluding steroid dienone is 2. The molecule has 2 aromatic heterocycles. The van der Waals surface area contributed by atoms with Crippen molar-refractivity contribution in [3.05, 3.63) is 96.4 Å². The summed E-state index contributed by atoms with van der Waals surface area (Å²) in [5.41, 5.74) is 6.63. The molecular formula is C24H28N4O2. The molecule has 0 aliphatic carbocycles. The summed E-state index contributed by atoms with van der Waals surface area (Å²) in [6.07, 6.45) is 7.41. The fraction of sp³-hybridized carbons (Fsp3) is 0.167. The molecule has 2 heterocycles. The van der Waals surface area contributed by atoms with Crippen LogP contribution < -0.4 is 10.8 Å². The molecule has 0 saturated carbocycles. The number of carbonyl (C=O) groups excluding carboxylic acids is 1. The van der Waals surface area contributed by atoms with Crippen molar-refractivity contribution in [3.63, 3.8) is 0 Å². The largest absolute Gasteiger partial charge is 0.346 e. The highest BCUT2D eigenvalue weighted by atomic mass is 16.5. The standard InChI is InChI=1S/C19H20N4O2.C5H8/c24-18(23-25)8-5-14-1-3-15(4-2-14)13-20-11-10-17-7-6-16-9-12-21-19(16)22-17;1-4-5(2)3/h1-9,12,20,25H,10-11,13H2,(H,21,22)(H,23,24);4H,1-2H2,3H3/b8-5+;. The van der Waals surface area contributed by atoms with Gasteiger partial charge in [0.2, 0.25) is 0 Å². The van der Waals surface area contributed by atoms with Gasteiger partial charge in [-0.15, -0.1) is 0 Å². The summed E-state index contributed by atoms with van der Waals surface area (Å²) in [6.45, 7) is 10.5. The normalized spacial score (nSPS) is 10.5. The Morgan fingerprint density at radius 2 is 1.93 bits per heavy atom. The fourth-order valence-electron chi connectivity index (χ4n) is 2.52. The van der Waals surface area contributed by atoms with Crippen molar-refractivity contribution in [3.8, 4) is 0 Å². The van der Waals surface area contributed by atoms with Gasteiger partial charge in [-0.05, 0) is 42.3 Å². The van der Waals surface area contributed by atoms with Crippen LogP contribution in [0.15, 0.2) is 79.5 Å². The number of hydrogen-bond acceptors (Lipinski definition) is 4. The summed E-state index contributed by atoms with van der Waals surface area (Å²) >= 11 is 0. The van der Waals surface area contributed by atoms with Crippen molar-refractivity contribution in [2.24, 2.45) is 0 Å². The first-order chi connectivity index (χ1) is 14.5. The average molecular weight is 405 g/mol. The maximum atomic E-state index is 10.9. The van der Waals surface area contributed by atoms with E-state index in [-0.39, 0.29) is 0 Å². The third kappa shape index (κ3) is 7.87. The summed E-state index contributed by atoms with van der Waals surface area (Å²) in [6, 6.07) is 14.0. The van der Waals surface area contributed by atoms with E-state index in [9.17, 15) is 4.79 Å². The molecule has 30 heavy (non-hydrogen) atoms. The lowest BCUT2D eigenvalue weighted by molar-refractivity contribution is -0.124. The average Bonchev–Trinajstić information content (AvgIpc) is 3.24. The number of nitrogens with one attached hydrogen (secondary N) is 3. The molecule has 0 aliphatic rings. The van der Waals surface area contributed by atoms with Crippen molar-refractivity contribution >= 4 is 23.0 Å². The van der Waals surface area contributed by atoms with Crippen LogP contribution in [0.3, 0.4) is 0 Å². The predicted molar refractivity (Wildman–Crippen MR) is 122 cm³/mol. The highest BCUT2D eigenvalue weighted by Crippen LogP contribution is 2.10. The van der Waals surface area contributed by atoms with E-state index in [4.69, 9.17) is 5.21 Å². The Bertz CT molecular complexity index is 1000. The first-order valence-corrected chi connectivity index (χ1v) is 9.64. The first-order valence-electron chi connectivity index (χ1n) is 9.64. The molecule has 0 unspecified atom stereocenters. The molecule has 0 radical (unpaired) electrons. The number of amides is 1. The molecule has 0 aliphatic heterocycles. The number of aromatic nitrogens is 2.